The maximum absolute atomic E-state index is 13.1. The Balaban J connectivity index is 3.30. The number of ether oxygens (including phenoxy) is 1. The van der Waals surface area contributed by atoms with Crippen LogP contribution in [0.25, 0.3) is 0 Å². The lowest BCUT2D eigenvalue weighted by molar-refractivity contribution is -0.137. The Morgan fingerprint density at radius 1 is 1.40 bits per heavy atom. The molecular formula is C14H18F3NO2. The van der Waals surface area contributed by atoms with E-state index in [0.717, 1.165) is 6.07 Å². The number of nitrogens with zero attached hydrogens (tertiary/aromatic N) is 1. The number of likely N-dealkylation sites (N-methyl/N-ethyl adjacent to an activating group) is 1. The number of anilines is 1. The number of carbonyl (C=O) groups is 1. The van der Waals surface area contributed by atoms with Crippen LogP contribution < -0.4 is 4.90 Å². The van der Waals surface area contributed by atoms with Crippen molar-refractivity contribution >= 4 is 12.0 Å². The molecular weight excluding hydrogens is 271 g/mol. The molecule has 0 aromatic heterocycles. The summed E-state index contributed by atoms with van der Waals surface area (Å²) in [5.41, 5.74) is -0.724. The number of alkyl halides is 3. The molecule has 0 bridgehead atoms. The highest BCUT2D eigenvalue weighted by atomic mass is 19.4. The minimum Gasteiger partial charge on any atom is -0.383 e. The van der Waals surface area contributed by atoms with Crippen LogP contribution in [0.3, 0.4) is 0 Å². The predicted octanol–water partition coefficient (Wildman–Crippen LogP) is 3.38. The van der Waals surface area contributed by atoms with Gasteiger partial charge >= 0.3 is 6.18 Å². The van der Waals surface area contributed by atoms with Gasteiger partial charge in [0, 0.05) is 30.9 Å². The van der Waals surface area contributed by atoms with Crippen molar-refractivity contribution in [3.63, 3.8) is 0 Å². The zero-order valence-electron chi connectivity index (χ0n) is 11.7. The lowest BCUT2D eigenvalue weighted by atomic mass is 10.1. The van der Waals surface area contributed by atoms with E-state index < -0.39 is 11.7 Å². The van der Waals surface area contributed by atoms with Crippen molar-refractivity contribution in [2.24, 2.45) is 0 Å². The van der Waals surface area contributed by atoms with Crippen molar-refractivity contribution in [2.75, 3.05) is 25.2 Å². The lowest BCUT2D eigenvalue weighted by Crippen LogP contribution is -2.37. The Bertz CT molecular complexity index is 460. The van der Waals surface area contributed by atoms with Crippen LogP contribution in [0.5, 0.6) is 0 Å². The average Bonchev–Trinajstić information content (AvgIpc) is 2.39. The van der Waals surface area contributed by atoms with Gasteiger partial charge in [0.15, 0.2) is 0 Å². The summed E-state index contributed by atoms with van der Waals surface area (Å²) in [4.78, 5) is 12.3. The molecule has 112 valence electrons. The second-order valence-electron chi connectivity index (χ2n) is 4.48. The summed E-state index contributed by atoms with van der Waals surface area (Å²) >= 11 is 0. The van der Waals surface area contributed by atoms with E-state index in [2.05, 4.69) is 0 Å². The monoisotopic (exact) mass is 289 g/mol. The largest absolute Gasteiger partial charge is 0.418 e. The van der Waals surface area contributed by atoms with E-state index in [1.54, 1.807) is 18.7 Å². The van der Waals surface area contributed by atoms with Crippen LogP contribution in [0.4, 0.5) is 18.9 Å². The third-order valence-corrected chi connectivity index (χ3v) is 3.05. The molecule has 0 N–H and O–H groups in total. The Morgan fingerprint density at radius 3 is 2.50 bits per heavy atom. The SMILES string of the molecule is CCN(c1ccc(C=O)cc1C(F)(F)F)C(C)COC. The molecule has 1 aromatic carbocycles. The summed E-state index contributed by atoms with van der Waals surface area (Å²) < 4.78 is 44.4. The van der Waals surface area contributed by atoms with Crippen molar-refractivity contribution < 1.29 is 22.7 Å². The predicted molar refractivity (Wildman–Crippen MR) is 71.2 cm³/mol. The van der Waals surface area contributed by atoms with Crippen LogP contribution >= 0.6 is 0 Å². The van der Waals surface area contributed by atoms with Gasteiger partial charge in [0.05, 0.1) is 12.2 Å². The van der Waals surface area contributed by atoms with E-state index in [0.29, 0.717) is 19.4 Å². The fourth-order valence-corrected chi connectivity index (χ4v) is 2.16. The van der Waals surface area contributed by atoms with Gasteiger partial charge in [-0.25, -0.2) is 0 Å². The Kier molecular flexibility index (Phi) is 5.56. The van der Waals surface area contributed by atoms with E-state index in [4.69, 9.17) is 4.74 Å². The summed E-state index contributed by atoms with van der Waals surface area (Å²) in [5.74, 6) is 0. The van der Waals surface area contributed by atoms with Crippen molar-refractivity contribution in [1.82, 2.24) is 0 Å². The minimum atomic E-state index is -4.51. The zero-order valence-corrected chi connectivity index (χ0v) is 11.7. The average molecular weight is 289 g/mol. The number of rotatable bonds is 6. The van der Waals surface area contributed by atoms with Crippen molar-refractivity contribution in [1.29, 1.82) is 0 Å². The molecule has 1 atom stereocenters. The molecule has 0 aliphatic carbocycles. The topological polar surface area (TPSA) is 29.5 Å². The van der Waals surface area contributed by atoms with Crippen LogP contribution in [0, 0.1) is 0 Å². The zero-order chi connectivity index (χ0) is 15.3. The minimum absolute atomic E-state index is 0.0107. The maximum Gasteiger partial charge on any atom is 0.418 e. The molecule has 3 nitrogen and oxygen atoms in total. The second-order valence-corrected chi connectivity index (χ2v) is 4.48. The van der Waals surface area contributed by atoms with Gasteiger partial charge in [-0.3, -0.25) is 4.79 Å². The quantitative estimate of drug-likeness (QED) is 0.752. The molecule has 0 aliphatic heterocycles. The van der Waals surface area contributed by atoms with Crippen LogP contribution in [0.1, 0.15) is 29.8 Å². The van der Waals surface area contributed by atoms with Crippen LogP contribution in [-0.2, 0) is 10.9 Å². The number of methoxy groups -OCH3 is 1. The van der Waals surface area contributed by atoms with Gasteiger partial charge in [-0.15, -0.1) is 0 Å². The standard InChI is InChI=1S/C14H18F3NO2/c1-4-18(10(2)9-20-3)13-6-5-11(8-19)7-12(13)14(15,16)17/h5-8,10H,4,9H2,1-3H3. The van der Waals surface area contributed by atoms with Crippen molar-refractivity contribution in [3.8, 4) is 0 Å². The van der Waals surface area contributed by atoms with Gasteiger partial charge in [0.25, 0.3) is 0 Å². The van der Waals surface area contributed by atoms with Crippen molar-refractivity contribution in [3.05, 3.63) is 29.3 Å². The summed E-state index contributed by atoms with van der Waals surface area (Å²) in [7, 11) is 1.50. The summed E-state index contributed by atoms with van der Waals surface area (Å²) in [6.07, 6.45) is -4.09. The van der Waals surface area contributed by atoms with E-state index in [-0.39, 0.29) is 17.3 Å². The molecule has 0 heterocycles. The van der Waals surface area contributed by atoms with Crippen molar-refractivity contribution in [2.45, 2.75) is 26.1 Å². The van der Waals surface area contributed by atoms with Gasteiger partial charge in [0.2, 0.25) is 0 Å². The molecule has 0 fully saturated rings. The van der Waals surface area contributed by atoms with Crippen LogP contribution in [-0.4, -0.2) is 32.6 Å². The smallest absolute Gasteiger partial charge is 0.383 e. The van der Waals surface area contributed by atoms with E-state index >= 15 is 0 Å². The first-order chi connectivity index (χ1) is 9.35. The first-order valence-corrected chi connectivity index (χ1v) is 6.27. The Morgan fingerprint density at radius 2 is 2.05 bits per heavy atom. The number of hydrogen-bond acceptors (Lipinski definition) is 3. The fourth-order valence-electron chi connectivity index (χ4n) is 2.16. The Hall–Kier alpha value is -1.56. The first kappa shape index (κ1) is 16.5. The van der Waals surface area contributed by atoms with Gasteiger partial charge in [-0.2, -0.15) is 13.2 Å². The van der Waals surface area contributed by atoms with E-state index in [9.17, 15) is 18.0 Å². The molecule has 0 saturated carbocycles. The van der Waals surface area contributed by atoms with Gasteiger partial charge < -0.3 is 9.64 Å². The molecule has 0 spiro atoms. The van der Waals surface area contributed by atoms with E-state index in [1.165, 1.54) is 19.2 Å². The maximum atomic E-state index is 13.1. The number of halogens is 3. The van der Waals surface area contributed by atoms with E-state index in [1.807, 2.05) is 0 Å². The summed E-state index contributed by atoms with van der Waals surface area (Å²) in [6, 6.07) is 3.40. The number of carbonyl (C=O) groups excluding carboxylic acids is 1. The Labute approximate surface area is 116 Å². The van der Waals surface area contributed by atoms with Gasteiger partial charge in [-0.05, 0) is 32.0 Å². The highest BCUT2D eigenvalue weighted by Gasteiger charge is 2.35. The van der Waals surface area contributed by atoms with Crippen LogP contribution in [0.2, 0.25) is 0 Å². The van der Waals surface area contributed by atoms with Crippen LogP contribution in [0.15, 0.2) is 18.2 Å². The van der Waals surface area contributed by atoms with Gasteiger partial charge in [0.1, 0.15) is 6.29 Å². The third kappa shape index (κ3) is 3.72. The molecule has 0 radical (unpaired) electrons. The number of hydrogen-bond donors (Lipinski definition) is 0. The fraction of sp³-hybridized carbons (Fsp3) is 0.500. The molecule has 20 heavy (non-hydrogen) atoms. The highest BCUT2D eigenvalue weighted by molar-refractivity contribution is 5.77. The molecule has 1 unspecified atom stereocenters. The summed E-state index contributed by atoms with van der Waals surface area (Å²) in [5, 5.41) is 0. The summed E-state index contributed by atoms with van der Waals surface area (Å²) in [6.45, 7) is 4.30. The molecule has 1 rings (SSSR count). The second kappa shape index (κ2) is 6.74. The molecule has 0 saturated heterocycles. The van der Waals surface area contributed by atoms with Gasteiger partial charge in [-0.1, -0.05) is 0 Å². The first-order valence-electron chi connectivity index (χ1n) is 6.27. The normalized spacial score (nSPS) is 13.1. The number of benzene rings is 1. The molecule has 6 heteroatoms. The lowest BCUT2D eigenvalue weighted by Gasteiger charge is -2.32. The molecule has 1 aromatic rings. The number of aldehydes is 1. The third-order valence-electron chi connectivity index (χ3n) is 3.05. The molecule has 0 aliphatic rings. The highest BCUT2D eigenvalue weighted by Crippen LogP contribution is 2.37. The molecule has 0 amide bonds.